The largest absolute Gasteiger partial charge is 0.476 e. The molecular formula is C62H54N14O3. The van der Waals surface area contributed by atoms with Crippen LogP contribution in [0.1, 0.15) is 65.8 Å². The molecular weight excluding hydrogens is 989 g/mol. The van der Waals surface area contributed by atoms with Gasteiger partial charge in [-0.25, -0.2) is 29.7 Å². The molecule has 0 bridgehead atoms. The maximum absolute atomic E-state index is 13.4. The number of amides is 1. The molecule has 11 rings (SSSR count). The monoisotopic (exact) mass is 1040 g/mol. The third kappa shape index (κ3) is 13.8. The van der Waals surface area contributed by atoms with Gasteiger partial charge in [-0.3, -0.25) is 24.7 Å². The van der Waals surface area contributed by atoms with E-state index in [1.165, 1.54) is 0 Å². The van der Waals surface area contributed by atoms with E-state index < -0.39 is 17.4 Å². The predicted molar refractivity (Wildman–Crippen MR) is 307 cm³/mol. The van der Waals surface area contributed by atoms with Crippen LogP contribution in [0.25, 0.3) is 66.8 Å². The number of aromatic carboxylic acids is 1. The summed E-state index contributed by atoms with van der Waals surface area (Å²) in [5.41, 5.74) is 25.9. The quantitative estimate of drug-likeness (QED) is 0.0898. The van der Waals surface area contributed by atoms with E-state index in [0.29, 0.717) is 28.5 Å². The summed E-state index contributed by atoms with van der Waals surface area (Å²) in [5.74, 6) is -1.68. The van der Waals surface area contributed by atoms with Gasteiger partial charge in [-0.2, -0.15) is 5.26 Å². The van der Waals surface area contributed by atoms with E-state index in [1.807, 2.05) is 191 Å². The number of hydrogen-bond acceptors (Lipinski definition) is 15. The summed E-state index contributed by atoms with van der Waals surface area (Å²) in [6.45, 7) is 7.64. The van der Waals surface area contributed by atoms with Gasteiger partial charge in [-0.15, -0.1) is 0 Å². The molecule has 0 spiro atoms. The first kappa shape index (κ1) is 54.6. The summed E-state index contributed by atoms with van der Waals surface area (Å²) < 4.78 is 0. The minimum atomic E-state index is -1.21. The van der Waals surface area contributed by atoms with Crippen molar-refractivity contribution in [1.82, 2.24) is 50.2 Å². The van der Waals surface area contributed by atoms with Crippen molar-refractivity contribution in [3.63, 3.8) is 0 Å². The average molecular weight is 1040 g/mol. The molecule has 0 aliphatic carbocycles. The molecule has 7 heterocycles. The van der Waals surface area contributed by atoms with Crippen molar-refractivity contribution >= 4 is 45.3 Å². The zero-order chi connectivity index (χ0) is 55.9. The summed E-state index contributed by atoms with van der Waals surface area (Å²) in [6, 6.07) is 56.8. The molecule has 0 unspecified atom stereocenters. The molecule has 0 saturated carbocycles. The summed E-state index contributed by atoms with van der Waals surface area (Å²) >= 11 is 0. The van der Waals surface area contributed by atoms with Crippen molar-refractivity contribution in [2.45, 2.75) is 38.8 Å². The Morgan fingerprint density at radius 1 is 0.481 bits per heavy atom. The van der Waals surface area contributed by atoms with Gasteiger partial charge in [0.05, 0.1) is 56.3 Å². The lowest BCUT2D eigenvalue weighted by Gasteiger charge is -2.25. The second-order valence-electron chi connectivity index (χ2n) is 18.7. The minimum Gasteiger partial charge on any atom is -0.476 e. The van der Waals surface area contributed by atoms with Crippen molar-refractivity contribution in [2.24, 2.45) is 5.73 Å². The van der Waals surface area contributed by atoms with Crippen molar-refractivity contribution < 1.29 is 14.7 Å². The Hall–Kier alpha value is -10.7. The van der Waals surface area contributed by atoms with Crippen molar-refractivity contribution in [3.8, 4) is 51.1 Å². The van der Waals surface area contributed by atoms with E-state index in [0.717, 1.165) is 55.4 Å². The highest BCUT2D eigenvalue weighted by Crippen LogP contribution is 2.34. The molecule has 0 aliphatic heterocycles. The van der Waals surface area contributed by atoms with E-state index in [2.05, 4.69) is 45.2 Å². The maximum Gasteiger partial charge on any atom is 0.358 e. The van der Waals surface area contributed by atoms with Gasteiger partial charge in [0.15, 0.2) is 23.0 Å². The van der Waals surface area contributed by atoms with Crippen LogP contribution < -0.4 is 22.5 Å². The number of nitrogens with two attached hydrogens (primary N) is 3. The van der Waals surface area contributed by atoms with Gasteiger partial charge in [-0.05, 0) is 100 Å². The molecule has 1 amide bonds. The number of carbonyl (C=O) groups excluding carboxylic acids is 1. The number of carbonyl (C=O) groups is 2. The topological polar surface area (TPSA) is 284 Å². The van der Waals surface area contributed by atoms with Gasteiger partial charge in [0.2, 0.25) is 0 Å². The Labute approximate surface area is 456 Å². The molecule has 0 aliphatic rings. The van der Waals surface area contributed by atoms with E-state index in [9.17, 15) is 14.7 Å². The van der Waals surface area contributed by atoms with Crippen molar-refractivity contribution in [3.05, 3.63) is 235 Å². The van der Waals surface area contributed by atoms with Gasteiger partial charge in [0, 0.05) is 64.0 Å². The van der Waals surface area contributed by atoms with Crippen molar-refractivity contribution in [2.75, 3.05) is 11.5 Å². The van der Waals surface area contributed by atoms with Crippen LogP contribution in [0.15, 0.2) is 207 Å². The third-order valence-corrected chi connectivity index (χ3v) is 11.9. The number of benzene rings is 4. The van der Waals surface area contributed by atoms with Crippen LogP contribution >= 0.6 is 0 Å². The molecule has 17 heteroatoms. The number of aromatic nitrogens is 9. The molecule has 79 heavy (non-hydrogen) atoms. The van der Waals surface area contributed by atoms with Gasteiger partial charge >= 0.3 is 5.97 Å². The fourth-order valence-electron chi connectivity index (χ4n) is 7.98. The Kier molecular flexibility index (Phi) is 17.1. The first-order valence-electron chi connectivity index (χ1n) is 24.7. The standard InChI is InChI=1S/C28H24N6O.C20H14N4O2.C8H12N2.C6H4N2/c1-28(2,22-12-6-7-15-31-22)34-27(35)25-26(29)33-23(18-9-4-3-5-10-18)24(32-25)20-13-14-21-19(17-20)11-8-16-30-21;21-19-18(20(25)26)23-17(16(24-19)12-5-2-1-3-6-12)14-8-9-15-13(11-14)7-4-10-22-15;1-8(2,9)7-5-3-4-6-10-7;7-5-6-3-1-2-4-8-6/h3-17H,1-2H3,(H2,29,33)(H,34,35);1-11H,(H2,21,24)(H,25,26);3-6H,9H2,1-2H3;1-4H. The van der Waals surface area contributed by atoms with E-state index >= 15 is 0 Å². The molecule has 0 radical (unpaired) electrons. The Morgan fingerprint density at radius 3 is 1.33 bits per heavy atom. The van der Waals surface area contributed by atoms with Gasteiger partial charge < -0.3 is 27.6 Å². The summed E-state index contributed by atoms with van der Waals surface area (Å²) in [5, 5.41) is 22.5. The summed E-state index contributed by atoms with van der Waals surface area (Å²) in [4.78, 5) is 63.9. The molecule has 390 valence electrons. The second kappa shape index (κ2) is 24.8. The van der Waals surface area contributed by atoms with Crippen LogP contribution in [0.3, 0.4) is 0 Å². The normalized spacial score (nSPS) is 10.8. The van der Waals surface area contributed by atoms with Crippen LogP contribution in [-0.4, -0.2) is 61.8 Å². The van der Waals surface area contributed by atoms with E-state index in [1.54, 1.807) is 49.2 Å². The smallest absolute Gasteiger partial charge is 0.358 e. The molecule has 8 N–H and O–H groups in total. The fourth-order valence-corrected chi connectivity index (χ4v) is 7.98. The number of hydrogen-bond donors (Lipinski definition) is 5. The van der Waals surface area contributed by atoms with Crippen LogP contribution in [0.4, 0.5) is 11.6 Å². The average Bonchev–Trinajstić information content (AvgIpc) is 3.60. The number of carboxylic acids is 1. The zero-order valence-electron chi connectivity index (χ0n) is 43.6. The minimum absolute atomic E-state index is 0.0596. The van der Waals surface area contributed by atoms with Gasteiger partial charge in [0.1, 0.15) is 11.8 Å². The molecule has 0 fully saturated rings. The maximum atomic E-state index is 13.4. The number of carboxylic acid groups (broad SMARTS) is 1. The second-order valence-corrected chi connectivity index (χ2v) is 18.7. The van der Waals surface area contributed by atoms with Crippen LogP contribution in [0.2, 0.25) is 0 Å². The van der Waals surface area contributed by atoms with Crippen LogP contribution in [-0.2, 0) is 11.1 Å². The third-order valence-electron chi connectivity index (χ3n) is 11.9. The molecule has 17 nitrogen and oxygen atoms in total. The lowest BCUT2D eigenvalue weighted by molar-refractivity contribution is 0.0691. The highest BCUT2D eigenvalue weighted by molar-refractivity contribution is 5.99. The first-order chi connectivity index (χ1) is 38.1. The number of nitrogens with zero attached hydrogens (tertiary/aromatic N) is 10. The zero-order valence-corrected chi connectivity index (χ0v) is 43.6. The number of anilines is 2. The Morgan fingerprint density at radius 2 is 0.911 bits per heavy atom. The van der Waals surface area contributed by atoms with Crippen molar-refractivity contribution in [1.29, 1.82) is 5.26 Å². The van der Waals surface area contributed by atoms with Gasteiger partial charge in [-0.1, -0.05) is 103 Å². The lowest BCUT2D eigenvalue weighted by atomic mass is 9.99. The highest BCUT2D eigenvalue weighted by atomic mass is 16.4. The number of nitrogen functional groups attached to an aromatic ring is 2. The summed E-state index contributed by atoms with van der Waals surface area (Å²) in [6.07, 6.45) is 8.52. The lowest BCUT2D eigenvalue weighted by Crippen LogP contribution is -2.42. The van der Waals surface area contributed by atoms with E-state index in [4.69, 9.17) is 27.4 Å². The number of nitriles is 1. The number of pyridine rings is 5. The molecule has 11 aromatic rings. The Balaban J connectivity index is 0.000000162. The van der Waals surface area contributed by atoms with E-state index in [-0.39, 0.29) is 28.6 Å². The van der Waals surface area contributed by atoms with Crippen LogP contribution in [0, 0.1) is 11.3 Å². The number of fused-ring (bicyclic) bond motifs is 2. The van der Waals surface area contributed by atoms with Gasteiger partial charge in [0.25, 0.3) is 5.91 Å². The number of rotatable bonds is 9. The SMILES string of the molecule is CC(C)(N)c1ccccn1.CC(C)(NC(=O)c1nc(-c2ccc3ncccc3c2)c(-c2ccccc2)nc1N)c1ccccn1.N#Cc1ccccn1.Nc1nc(-c2ccccc2)c(-c2ccc3ncccc3c2)nc1C(=O)O. The highest BCUT2D eigenvalue weighted by Gasteiger charge is 2.28. The first-order valence-corrected chi connectivity index (χ1v) is 24.7. The molecule has 0 atom stereocenters. The molecule has 7 aromatic heterocycles. The Bertz CT molecular complexity index is 3920. The number of nitrogens with one attached hydrogen (secondary N) is 1. The molecule has 4 aromatic carbocycles. The molecule has 0 saturated heterocycles. The fraction of sp³-hybridized carbons (Fsp3) is 0.0968. The predicted octanol–water partition coefficient (Wildman–Crippen LogP) is 10.9. The van der Waals surface area contributed by atoms with Crippen LogP contribution in [0.5, 0.6) is 0 Å². The summed E-state index contributed by atoms with van der Waals surface area (Å²) in [7, 11) is 0.